The third-order valence-corrected chi connectivity index (χ3v) is 10.0. The zero-order valence-corrected chi connectivity index (χ0v) is 26.8. The third kappa shape index (κ3) is 6.22. The Hall–Kier alpha value is -4.59. The molecule has 16 heteroatoms. The first-order chi connectivity index (χ1) is 23.7. The summed E-state index contributed by atoms with van der Waals surface area (Å²) in [7, 11) is 0. The summed E-state index contributed by atoms with van der Waals surface area (Å²) >= 11 is 1.00. The number of piperazine rings is 1. The van der Waals surface area contributed by atoms with Gasteiger partial charge in [0.05, 0.1) is 29.3 Å². The van der Waals surface area contributed by atoms with Gasteiger partial charge < -0.3 is 15.0 Å². The number of aromatic nitrogens is 4. The van der Waals surface area contributed by atoms with Crippen molar-refractivity contribution in [1.82, 2.24) is 35.1 Å². The van der Waals surface area contributed by atoms with Crippen molar-refractivity contribution in [2.45, 2.75) is 43.4 Å². The smallest absolute Gasteiger partial charge is 0.317 e. The molecule has 3 fully saturated rings. The normalized spacial score (nSPS) is 23.0. The van der Waals surface area contributed by atoms with Gasteiger partial charge in [-0.05, 0) is 37.6 Å². The molecule has 7 rings (SSSR count). The monoisotopic (exact) mass is 696 g/mol. The van der Waals surface area contributed by atoms with E-state index in [9.17, 15) is 18.0 Å². The molecule has 10 nitrogen and oxygen atoms in total. The van der Waals surface area contributed by atoms with E-state index in [1.807, 2.05) is 11.0 Å². The number of pyridine rings is 1. The van der Waals surface area contributed by atoms with E-state index in [1.54, 1.807) is 5.38 Å². The lowest BCUT2D eigenvalue weighted by molar-refractivity contribution is -0.129. The highest BCUT2D eigenvalue weighted by molar-refractivity contribution is 7.10. The number of rotatable bonds is 8. The van der Waals surface area contributed by atoms with Crippen LogP contribution in [0.25, 0.3) is 27.7 Å². The summed E-state index contributed by atoms with van der Waals surface area (Å²) < 4.78 is 82.6. The first kappa shape index (κ1) is 32.9. The molecule has 3 saturated heterocycles. The summed E-state index contributed by atoms with van der Waals surface area (Å²) in [6, 6.07) is 3.79. The molecule has 1 aromatic carbocycles. The zero-order valence-electron chi connectivity index (χ0n) is 25.9. The predicted octanol–water partition coefficient (Wildman–Crippen LogP) is 4.96. The van der Waals surface area contributed by atoms with Gasteiger partial charge in [-0.15, -0.1) is 11.3 Å². The van der Waals surface area contributed by atoms with Crippen molar-refractivity contribution in [2.75, 3.05) is 39.3 Å². The number of carbonyl (C=O) groups excluding carboxylic acids is 1. The van der Waals surface area contributed by atoms with Crippen molar-refractivity contribution < 1.29 is 31.5 Å². The van der Waals surface area contributed by atoms with Crippen molar-refractivity contribution in [3.63, 3.8) is 0 Å². The van der Waals surface area contributed by atoms with Crippen LogP contribution in [0.3, 0.4) is 0 Å². The van der Waals surface area contributed by atoms with Crippen molar-refractivity contribution >= 4 is 33.7 Å². The number of nitrogens with one attached hydrogen (secondary N) is 1. The van der Waals surface area contributed by atoms with Gasteiger partial charge in [-0.1, -0.05) is 0 Å². The Balaban J connectivity index is 1.39. The quantitative estimate of drug-likeness (QED) is 0.201. The number of nitriles is 1. The highest BCUT2D eigenvalue weighted by atomic mass is 32.1. The van der Waals surface area contributed by atoms with Crippen LogP contribution in [0.1, 0.15) is 36.4 Å². The Kier molecular flexibility index (Phi) is 8.99. The highest BCUT2D eigenvalue weighted by Gasteiger charge is 2.49. The molecule has 1 N–H and O–H groups in total. The van der Waals surface area contributed by atoms with E-state index in [-0.39, 0.29) is 66.8 Å². The van der Waals surface area contributed by atoms with E-state index in [4.69, 9.17) is 10.00 Å². The minimum atomic E-state index is -1.24. The van der Waals surface area contributed by atoms with Gasteiger partial charge in [0.1, 0.15) is 40.6 Å². The van der Waals surface area contributed by atoms with Crippen molar-refractivity contribution in [2.24, 2.45) is 0 Å². The van der Waals surface area contributed by atoms with Crippen molar-refractivity contribution in [3.05, 3.63) is 70.0 Å². The van der Waals surface area contributed by atoms with E-state index in [0.717, 1.165) is 42.2 Å². The van der Waals surface area contributed by atoms with E-state index < -0.39 is 63.7 Å². The topological polar surface area (TPSA) is 120 Å². The molecule has 1 amide bonds. The molecule has 3 aromatic heterocycles. The summed E-state index contributed by atoms with van der Waals surface area (Å²) in [6.45, 7) is 1.44. The second-order valence-electron chi connectivity index (χ2n) is 12.3. The number of benzene rings is 1. The number of thiazole rings is 1. The van der Waals surface area contributed by atoms with E-state index >= 15 is 8.78 Å². The highest BCUT2D eigenvalue weighted by Crippen LogP contribution is 2.41. The number of hydrogen-bond donors (Lipinski definition) is 1. The Morgan fingerprint density at radius 1 is 1.18 bits per heavy atom. The molecule has 4 aromatic rings. The predicted molar refractivity (Wildman–Crippen MR) is 169 cm³/mol. The maximum atomic E-state index is 16.7. The van der Waals surface area contributed by atoms with Crippen LogP contribution in [0.5, 0.6) is 6.01 Å². The molecule has 0 unspecified atom stereocenters. The Bertz CT molecular complexity index is 1990. The standard InChI is InChI=1S/C33H29F5N8O2S/c34-18-2-3-23(36)21(12-18)28-26(38)29-22(14-42-28)27(43-32(44-29)48-17-33-5-1-9-46(33)15-19(35)13-33)24(30-41-8-11-49-30)25(37)31(47)45-10-7-40-20(16-45)4-6-39/h2-3,8,11-12,14,19-20,40H,1,4-5,7,9-10,13,15-17H2/b25-24-/t19-,20+,33+/m1/s1. The van der Waals surface area contributed by atoms with Gasteiger partial charge in [-0.2, -0.15) is 15.2 Å². The largest absolute Gasteiger partial charge is 0.461 e. The maximum absolute atomic E-state index is 16.7. The number of amides is 1. The van der Waals surface area contributed by atoms with Crippen LogP contribution < -0.4 is 10.1 Å². The fourth-order valence-electron chi connectivity index (χ4n) is 6.95. The van der Waals surface area contributed by atoms with Crippen LogP contribution in [0.15, 0.2) is 41.8 Å². The number of halogens is 5. The van der Waals surface area contributed by atoms with Gasteiger partial charge in [-0.3, -0.25) is 14.7 Å². The fraction of sp³-hybridized carbons (Fsp3) is 0.394. The molecule has 3 atom stereocenters. The number of hydrogen-bond acceptors (Lipinski definition) is 10. The first-order valence-electron chi connectivity index (χ1n) is 15.7. The third-order valence-electron chi connectivity index (χ3n) is 9.25. The molecule has 0 radical (unpaired) electrons. The SMILES string of the molecule is N#CC[C@H]1CN(C(=O)/C(F)=C(/c2nccs2)c2nc(OC[C@@]34CCCN3C[C@H](F)C4)nc3c(F)c(-c4cc(F)ccc4F)ncc23)CCN1. The molecule has 0 spiro atoms. The van der Waals surface area contributed by atoms with Gasteiger partial charge >= 0.3 is 6.01 Å². The number of ether oxygens (including phenoxy) is 1. The number of alkyl halides is 1. The molecule has 3 aliphatic heterocycles. The molecule has 254 valence electrons. The van der Waals surface area contributed by atoms with E-state index in [2.05, 4.69) is 25.3 Å². The van der Waals surface area contributed by atoms with Gasteiger partial charge in [0.15, 0.2) is 11.6 Å². The number of fused-ring (bicyclic) bond motifs is 2. The molecule has 49 heavy (non-hydrogen) atoms. The Labute approximate surface area is 281 Å². The van der Waals surface area contributed by atoms with Gasteiger partial charge in [0, 0.05) is 67.4 Å². The van der Waals surface area contributed by atoms with Crippen LogP contribution in [-0.4, -0.2) is 92.7 Å². The van der Waals surface area contributed by atoms with Crippen LogP contribution >= 0.6 is 11.3 Å². The minimum absolute atomic E-state index is 0.0396. The average Bonchev–Trinajstić information content (AvgIpc) is 3.82. The van der Waals surface area contributed by atoms with Crippen LogP contribution in [0.2, 0.25) is 0 Å². The minimum Gasteiger partial charge on any atom is -0.461 e. The molecule has 3 aliphatic rings. The molecular formula is C33H29F5N8O2S. The second kappa shape index (κ2) is 13.4. The summed E-state index contributed by atoms with van der Waals surface area (Å²) in [5, 5.41) is 13.7. The average molecular weight is 697 g/mol. The fourth-order valence-corrected chi connectivity index (χ4v) is 7.63. The number of nitrogens with zero attached hydrogens (tertiary/aromatic N) is 7. The lowest BCUT2D eigenvalue weighted by Crippen LogP contribution is -2.52. The van der Waals surface area contributed by atoms with Crippen molar-refractivity contribution in [3.8, 4) is 23.3 Å². The lowest BCUT2D eigenvalue weighted by Gasteiger charge is -2.32. The van der Waals surface area contributed by atoms with Gasteiger partial charge in [0.25, 0.3) is 5.91 Å². The second-order valence-corrected chi connectivity index (χ2v) is 13.2. The maximum Gasteiger partial charge on any atom is 0.317 e. The van der Waals surface area contributed by atoms with Gasteiger partial charge in [0.2, 0.25) is 0 Å². The molecule has 6 heterocycles. The Morgan fingerprint density at radius 3 is 2.84 bits per heavy atom. The summed E-state index contributed by atoms with van der Waals surface area (Å²) in [4.78, 5) is 34.0. The van der Waals surface area contributed by atoms with E-state index in [0.29, 0.717) is 19.5 Å². The molecule has 0 aliphatic carbocycles. The van der Waals surface area contributed by atoms with Gasteiger partial charge in [-0.25, -0.2) is 26.9 Å². The van der Waals surface area contributed by atoms with Crippen molar-refractivity contribution in [1.29, 1.82) is 5.26 Å². The van der Waals surface area contributed by atoms with Crippen LogP contribution in [0, 0.1) is 28.8 Å². The molecule has 0 bridgehead atoms. The summed E-state index contributed by atoms with van der Waals surface area (Å²) in [5.41, 5.74) is -2.75. The summed E-state index contributed by atoms with van der Waals surface area (Å²) in [6.07, 6.45) is 3.25. The van der Waals surface area contributed by atoms with E-state index in [1.165, 1.54) is 11.1 Å². The van der Waals surface area contributed by atoms with Crippen LogP contribution in [-0.2, 0) is 4.79 Å². The molecular weight excluding hydrogens is 667 g/mol. The first-order valence-corrected chi connectivity index (χ1v) is 16.6. The van der Waals surface area contributed by atoms with Crippen LogP contribution in [0.4, 0.5) is 22.0 Å². The number of carbonyl (C=O) groups is 1. The Morgan fingerprint density at radius 2 is 2.04 bits per heavy atom. The summed E-state index contributed by atoms with van der Waals surface area (Å²) in [5.74, 6) is -5.15. The molecule has 0 saturated carbocycles. The lowest BCUT2D eigenvalue weighted by atomic mass is 9.95. The zero-order chi connectivity index (χ0) is 34.3.